The van der Waals surface area contributed by atoms with Crippen molar-refractivity contribution in [2.24, 2.45) is 0 Å². The number of benzene rings is 4. The number of rotatable bonds is 13. The van der Waals surface area contributed by atoms with Crippen LogP contribution in [0.5, 0.6) is 0 Å². The molecule has 0 unspecified atom stereocenters. The van der Waals surface area contributed by atoms with Crippen LogP contribution in [0.4, 0.5) is 10.1 Å². The zero-order valence-corrected chi connectivity index (χ0v) is 28.0. The molecule has 0 aliphatic heterocycles. The molecule has 2 amide bonds. The molecular formula is C36H39ClFN3O4S. The van der Waals surface area contributed by atoms with E-state index in [4.69, 9.17) is 11.6 Å². The lowest BCUT2D eigenvalue weighted by atomic mass is 10.0. The van der Waals surface area contributed by atoms with Crippen LogP contribution in [0.1, 0.15) is 42.5 Å². The summed E-state index contributed by atoms with van der Waals surface area (Å²) in [6.45, 7) is 6.44. The highest BCUT2D eigenvalue weighted by Crippen LogP contribution is 2.30. The highest BCUT2D eigenvalue weighted by Gasteiger charge is 2.35. The van der Waals surface area contributed by atoms with Crippen molar-refractivity contribution < 1.29 is 22.4 Å². The summed E-state index contributed by atoms with van der Waals surface area (Å²) in [5, 5.41) is 3.26. The Morgan fingerprint density at radius 2 is 1.57 bits per heavy atom. The van der Waals surface area contributed by atoms with Crippen molar-refractivity contribution in [3.05, 3.63) is 130 Å². The number of amides is 2. The predicted molar refractivity (Wildman–Crippen MR) is 181 cm³/mol. The summed E-state index contributed by atoms with van der Waals surface area (Å²) in [5.74, 6) is -1.65. The monoisotopic (exact) mass is 663 g/mol. The molecule has 2 atom stereocenters. The van der Waals surface area contributed by atoms with Gasteiger partial charge in [0.15, 0.2) is 0 Å². The number of carbonyl (C=O) groups excluding carboxylic acids is 2. The van der Waals surface area contributed by atoms with Crippen molar-refractivity contribution >= 4 is 39.1 Å². The number of nitrogens with one attached hydrogen (secondary N) is 1. The maximum absolute atomic E-state index is 15.1. The third-order valence-corrected chi connectivity index (χ3v) is 9.91. The molecule has 4 aromatic carbocycles. The number of sulfonamides is 1. The molecule has 242 valence electrons. The van der Waals surface area contributed by atoms with Crippen LogP contribution in [0.2, 0.25) is 5.02 Å². The quantitative estimate of drug-likeness (QED) is 0.170. The first-order valence-corrected chi connectivity index (χ1v) is 16.9. The second-order valence-corrected chi connectivity index (χ2v) is 13.7. The molecule has 0 heterocycles. The van der Waals surface area contributed by atoms with Gasteiger partial charge in [0.1, 0.15) is 18.4 Å². The van der Waals surface area contributed by atoms with E-state index in [2.05, 4.69) is 5.32 Å². The van der Waals surface area contributed by atoms with Gasteiger partial charge in [-0.15, -0.1) is 0 Å². The smallest absolute Gasteiger partial charge is 0.264 e. The molecule has 1 N–H and O–H groups in total. The topological polar surface area (TPSA) is 86.8 Å². The fraction of sp³-hybridized carbons (Fsp3) is 0.278. The van der Waals surface area contributed by atoms with Crippen LogP contribution in [-0.4, -0.2) is 43.8 Å². The fourth-order valence-electron chi connectivity index (χ4n) is 5.01. The standard InChI is InChI=1S/C36H39ClFN3O4S/c1-5-27(4)39-36(43)34(21-28-11-7-6-8-12-28)40(23-29-13-9-10-14-32(29)38)35(42)24-41(33-22-30(37)18-17-26(33)3)46(44,45)31-19-15-25(2)16-20-31/h6-20,22,27,34H,5,21,23-24H2,1-4H3,(H,39,43)/t27-,34+/m1/s1. The van der Waals surface area contributed by atoms with Gasteiger partial charge in [-0.05, 0) is 68.7 Å². The Bertz CT molecular complexity index is 1770. The Morgan fingerprint density at radius 1 is 0.913 bits per heavy atom. The van der Waals surface area contributed by atoms with Gasteiger partial charge in [0.2, 0.25) is 11.8 Å². The number of hydrogen-bond donors (Lipinski definition) is 1. The van der Waals surface area contributed by atoms with Gasteiger partial charge in [-0.2, -0.15) is 0 Å². The molecule has 0 fully saturated rings. The molecule has 0 aromatic heterocycles. The number of hydrogen-bond acceptors (Lipinski definition) is 4. The van der Waals surface area contributed by atoms with Gasteiger partial charge in [0, 0.05) is 29.6 Å². The first-order valence-electron chi connectivity index (χ1n) is 15.1. The lowest BCUT2D eigenvalue weighted by molar-refractivity contribution is -0.140. The molecule has 0 spiro atoms. The van der Waals surface area contributed by atoms with Crippen molar-refractivity contribution in [3.63, 3.8) is 0 Å². The van der Waals surface area contributed by atoms with Crippen molar-refractivity contribution in [3.8, 4) is 0 Å². The molecule has 0 saturated carbocycles. The fourth-order valence-corrected chi connectivity index (χ4v) is 6.64. The van der Waals surface area contributed by atoms with Gasteiger partial charge in [0.05, 0.1) is 10.6 Å². The summed E-state index contributed by atoms with van der Waals surface area (Å²) in [7, 11) is -4.29. The van der Waals surface area contributed by atoms with Crippen LogP contribution in [0.15, 0.2) is 102 Å². The second kappa shape index (κ2) is 15.4. The van der Waals surface area contributed by atoms with E-state index in [0.29, 0.717) is 12.0 Å². The molecule has 46 heavy (non-hydrogen) atoms. The lowest BCUT2D eigenvalue weighted by Crippen LogP contribution is -2.54. The van der Waals surface area contributed by atoms with Crippen molar-refractivity contribution in [1.82, 2.24) is 10.2 Å². The van der Waals surface area contributed by atoms with Gasteiger partial charge in [-0.3, -0.25) is 13.9 Å². The Morgan fingerprint density at radius 3 is 2.22 bits per heavy atom. The predicted octanol–water partition coefficient (Wildman–Crippen LogP) is 6.85. The number of halogens is 2. The minimum Gasteiger partial charge on any atom is -0.352 e. The molecule has 4 rings (SSSR count). The number of nitrogens with zero attached hydrogens (tertiary/aromatic N) is 2. The molecular weight excluding hydrogens is 625 g/mol. The van der Waals surface area contributed by atoms with E-state index in [1.807, 2.05) is 51.1 Å². The van der Waals surface area contributed by atoms with Gasteiger partial charge in [-0.25, -0.2) is 12.8 Å². The number of aryl methyl sites for hydroxylation is 2. The maximum atomic E-state index is 15.1. The SMILES string of the molecule is CC[C@@H](C)NC(=O)[C@H](Cc1ccccc1)N(Cc1ccccc1F)C(=O)CN(c1cc(Cl)ccc1C)S(=O)(=O)c1ccc(C)cc1. The minimum atomic E-state index is -4.29. The summed E-state index contributed by atoms with van der Waals surface area (Å²) in [6, 6.07) is 25.1. The van der Waals surface area contributed by atoms with Crippen LogP contribution >= 0.6 is 11.6 Å². The molecule has 0 bridgehead atoms. The molecule has 10 heteroatoms. The van der Waals surface area contributed by atoms with Crippen LogP contribution in [0.3, 0.4) is 0 Å². The highest BCUT2D eigenvalue weighted by molar-refractivity contribution is 7.92. The van der Waals surface area contributed by atoms with E-state index in [-0.39, 0.29) is 40.2 Å². The zero-order chi connectivity index (χ0) is 33.4. The van der Waals surface area contributed by atoms with E-state index in [1.165, 1.54) is 29.2 Å². The minimum absolute atomic E-state index is 0.0127. The summed E-state index contributed by atoms with van der Waals surface area (Å²) < 4.78 is 44.6. The Kier molecular flexibility index (Phi) is 11.6. The van der Waals surface area contributed by atoms with Crippen LogP contribution in [-0.2, 0) is 32.6 Å². The van der Waals surface area contributed by atoms with Gasteiger partial charge in [-0.1, -0.05) is 90.8 Å². The molecule has 0 saturated heterocycles. The first kappa shape index (κ1) is 34.7. The largest absolute Gasteiger partial charge is 0.352 e. The Balaban J connectivity index is 1.85. The third-order valence-electron chi connectivity index (χ3n) is 7.90. The van der Waals surface area contributed by atoms with Crippen molar-refractivity contribution in [2.75, 3.05) is 10.8 Å². The van der Waals surface area contributed by atoms with E-state index in [0.717, 1.165) is 15.4 Å². The van der Waals surface area contributed by atoms with E-state index in [1.54, 1.807) is 49.4 Å². The zero-order valence-electron chi connectivity index (χ0n) is 26.4. The number of carbonyl (C=O) groups is 2. The summed E-state index contributed by atoms with van der Waals surface area (Å²) in [5.41, 5.74) is 2.64. The average Bonchev–Trinajstić information content (AvgIpc) is 3.04. The van der Waals surface area contributed by atoms with Crippen LogP contribution in [0, 0.1) is 19.7 Å². The molecule has 7 nitrogen and oxygen atoms in total. The lowest BCUT2D eigenvalue weighted by Gasteiger charge is -2.34. The second-order valence-electron chi connectivity index (χ2n) is 11.4. The van der Waals surface area contributed by atoms with Crippen LogP contribution < -0.4 is 9.62 Å². The summed E-state index contributed by atoms with van der Waals surface area (Å²) in [6.07, 6.45) is 0.784. The Labute approximate surface area is 276 Å². The number of anilines is 1. The van der Waals surface area contributed by atoms with E-state index >= 15 is 4.39 Å². The summed E-state index contributed by atoms with van der Waals surface area (Å²) in [4.78, 5) is 29.7. The summed E-state index contributed by atoms with van der Waals surface area (Å²) >= 11 is 6.33. The molecule has 0 aliphatic carbocycles. The van der Waals surface area contributed by atoms with Gasteiger partial charge < -0.3 is 10.2 Å². The van der Waals surface area contributed by atoms with Crippen molar-refractivity contribution in [2.45, 2.75) is 64.1 Å². The molecule has 0 radical (unpaired) electrons. The highest BCUT2D eigenvalue weighted by atomic mass is 35.5. The van der Waals surface area contributed by atoms with E-state index in [9.17, 15) is 18.0 Å². The maximum Gasteiger partial charge on any atom is 0.264 e. The van der Waals surface area contributed by atoms with Crippen molar-refractivity contribution in [1.29, 1.82) is 0 Å². The molecule has 0 aliphatic rings. The van der Waals surface area contributed by atoms with Gasteiger partial charge >= 0.3 is 0 Å². The molecule has 4 aromatic rings. The Hall–Kier alpha value is -4.21. The third kappa shape index (κ3) is 8.53. The first-order chi connectivity index (χ1) is 21.9. The normalized spacial score (nSPS) is 12.7. The van der Waals surface area contributed by atoms with Gasteiger partial charge in [0.25, 0.3) is 10.0 Å². The average molecular weight is 664 g/mol. The van der Waals surface area contributed by atoms with E-state index < -0.39 is 40.2 Å². The van der Waals surface area contributed by atoms with Crippen LogP contribution in [0.25, 0.3) is 0 Å².